The molecule has 0 amide bonds. The number of aliphatic hydroxyl groups excluding tert-OH is 1. The number of aromatic nitrogens is 1. The van der Waals surface area contributed by atoms with Crippen molar-refractivity contribution >= 4 is 26.8 Å². The zero-order valence-electron chi connectivity index (χ0n) is 11.2. The maximum Gasteiger partial charge on any atom is 0.189 e. The molecule has 3 aromatic rings. The monoisotopic (exact) mass is 365 g/mol. The van der Waals surface area contributed by atoms with E-state index in [2.05, 4.69) is 15.9 Å². The third kappa shape index (κ3) is 2.44. The smallest absolute Gasteiger partial charge is 0.189 e. The number of hydrogen-bond donors (Lipinski definition) is 1. The third-order valence-corrected chi connectivity index (χ3v) is 3.86. The molecule has 1 N–H and O–H groups in total. The van der Waals surface area contributed by atoms with E-state index in [1.54, 1.807) is 18.2 Å². The van der Waals surface area contributed by atoms with Crippen LogP contribution in [0, 0.1) is 11.6 Å². The summed E-state index contributed by atoms with van der Waals surface area (Å²) in [5, 5.41) is 9.89. The van der Waals surface area contributed by atoms with Gasteiger partial charge in [0.1, 0.15) is 11.6 Å². The minimum absolute atomic E-state index is 0.0635. The van der Waals surface area contributed by atoms with Crippen LogP contribution >= 0.6 is 15.9 Å². The minimum atomic E-state index is -0.778. The largest absolute Gasteiger partial charge is 0.390 e. The quantitative estimate of drug-likeness (QED) is 0.754. The summed E-state index contributed by atoms with van der Waals surface area (Å²) < 4.78 is 29.4. The lowest BCUT2D eigenvalue weighted by molar-refractivity contribution is 0.274. The molecule has 112 valence electrons. The van der Waals surface area contributed by atoms with Crippen LogP contribution in [0.5, 0.6) is 0 Å². The highest BCUT2D eigenvalue weighted by molar-refractivity contribution is 9.10. The highest BCUT2D eigenvalue weighted by Gasteiger charge is 2.14. The van der Waals surface area contributed by atoms with Crippen LogP contribution in [0.25, 0.3) is 16.6 Å². The number of nitrogens with zero attached hydrogens (tertiary/aromatic N) is 1. The molecule has 0 saturated carbocycles. The average Bonchev–Trinajstić information content (AvgIpc) is 2.48. The molecule has 0 bridgehead atoms. The highest BCUT2D eigenvalue weighted by Crippen LogP contribution is 2.25. The molecule has 0 aliphatic heterocycles. The van der Waals surface area contributed by atoms with Crippen molar-refractivity contribution in [3.63, 3.8) is 0 Å². The first kappa shape index (κ1) is 14.9. The van der Waals surface area contributed by atoms with Crippen molar-refractivity contribution in [3.05, 3.63) is 74.5 Å². The molecule has 0 aliphatic carbocycles. The van der Waals surface area contributed by atoms with Crippen molar-refractivity contribution in [2.24, 2.45) is 0 Å². The van der Waals surface area contributed by atoms with E-state index in [-0.39, 0.29) is 16.8 Å². The van der Waals surface area contributed by atoms with Crippen LogP contribution in [0.3, 0.4) is 0 Å². The number of pyridine rings is 1. The van der Waals surface area contributed by atoms with Gasteiger partial charge in [0.05, 0.1) is 23.5 Å². The first-order chi connectivity index (χ1) is 10.5. The molecule has 0 unspecified atom stereocenters. The Balaban J connectivity index is 2.48. The number of hydrogen-bond acceptors (Lipinski definition) is 2. The summed E-state index contributed by atoms with van der Waals surface area (Å²) in [6.07, 6.45) is 0. The van der Waals surface area contributed by atoms with Gasteiger partial charge in [0.15, 0.2) is 5.43 Å². The van der Waals surface area contributed by atoms with Crippen molar-refractivity contribution in [1.29, 1.82) is 0 Å². The standard InChI is InChI=1S/C16H10BrF2NO2/c17-9-1-3-12-15(5-9)20(11(8-21)7-16(12)22)14-4-2-10(18)6-13(14)19/h1-7,21H,8H2. The maximum absolute atomic E-state index is 14.1. The van der Waals surface area contributed by atoms with E-state index in [9.17, 15) is 18.7 Å². The Morgan fingerprint density at radius 1 is 1.09 bits per heavy atom. The molecular formula is C16H10BrF2NO2. The van der Waals surface area contributed by atoms with Crippen LogP contribution in [0.15, 0.2) is 51.7 Å². The summed E-state index contributed by atoms with van der Waals surface area (Å²) in [5.41, 5.74) is 0.441. The molecule has 2 aromatic carbocycles. The molecule has 1 heterocycles. The Labute approximate surface area is 132 Å². The predicted octanol–water partition coefficient (Wildman–Crippen LogP) is 3.52. The fourth-order valence-electron chi connectivity index (χ4n) is 2.41. The number of halogens is 3. The summed E-state index contributed by atoms with van der Waals surface area (Å²) in [4.78, 5) is 12.1. The van der Waals surface area contributed by atoms with Crippen LogP contribution < -0.4 is 5.43 Å². The van der Waals surface area contributed by atoms with Crippen LogP contribution in [0.1, 0.15) is 5.69 Å². The van der Waals surface area contributed by atoms with Gasteiger partial charge in [0, 0.05) is 22.0 Å². The number of rotatable bonds is 2. The second-order valence-electron chi connectivity index (χ2n) is 4.75. The molecule has 0 saturated heterocycles. The van der Waals surface area contributed by atoms with Gasteiger partial charge in [-0.2, -0.15) is 0 Å². The molecule has 0 spiro atoms. The van der Waals surface area contributed by atoms with E-state index >= 15 is 0 Å². The van der Waals surface area contributed by atoms with Crippen LogP contribution in [0.2, 0.25) is 0 Å². The summed E-state index contributed by atoms with van der Waals surface area (Å²) in [5.74, 6) is -1.47. The van der Waals surface area contributed by atoms with Crippen LogP contribution in [0.4, 0.5) is 8.78 Å². The summed E-state index contributed by atoms with van der Waals surface area (Å²) in [6, 6.07) is 9.38. The number of aliphatic hydroxyl groups is 1. The first-order valence-corrected chi connectivity index (χ1v) is 7.21. The topological polar surface area (TPSA) is 42.2 Å². The maximum atomic E-state index is 14.1. The normalized spacial score (nSPS) is 11.1. The zero-order chi connectivity index (χ0) is 15.9. The summed E-state index contributed by atoms with van der Waals surface area (Å²) in [6.45, 7) is -0.450. The Morgan fingerprint density at radius 3 is 2.55 bits per heavy atom. The number of benzene rings is 2. The predicted molar refractivity (Wildman–Crippen MR) is 83.1 cm³/mol. The van der Waals surface area contributed by atoms with Gasteiger partial charge in [0.2, 0.25) is 0 Å². The van der Waals surface area contributed by atoms with Gasteiger partial charge < -0.3 is 9.67 Å². The van der Waals surface area contributed by atoms with Gasteiger partial charge >= 0.3 is 0 Å². The van der Waals surface area contributed by atoms with Crippen molar-refractivity contribution in [2.75, 3.05) is 0 Å². The highest BCUT2D eigenvalue weighted by atomic mass is 79.9. The number of fused-ring (bicyclic) bond motifs is 1. The summed E-state index contributed by atoms with van der Waals surface area (Å²) in [7, 11) is 0. The summed E-state index contributed by atoms with van der Waals surface area (Å²) >= 11 is 3.31. The second kappa shape index (κ2) is 5.62. The van der Waals surface area contributed by atoms with E-state index in [0.29, 0.717) is 15.4 Å². The van der Waals surface area contributed by atoms with Gasteiger partial charge in [0.25, 0.3) is 0 Å². The molecule has 6 heteroatoms. The molecule has 3 nitrogen and oxygen atoms in total. The lowest BCUT2D eigenvalue weighted by atomic mass is 10.1. The lowest BCUT2D eigenvalue weighted by Gasteiger charge is -2.16. The van der Waals surface area contributed by atoms with E-state index in [1.165, 1.54) is 16.7 Å². The molecule has 0 fully saturated rings. The van der Waals surface area contributed by atoms with E-state index in [1.807, 2.05) is 0 Å². The molecule has 22 heavy (non-hydrogen) atoms. The van der Waals surface area contributed by atoms with Crippen molar-refractivity contribution in [1.82, 2.24) is 4.57 Å². The Bertz CT molecular complexity index is 937. The third-order valence-electron chi connectivity index (χ3n) is 3.36. The van der Waals surface area contributed by atoms with E-state index in [4.69, 9.17) is 0 Å². The Kier molecular flexibility index (Phi) is 3.80. The minimum Gasteiger partial charge on any atom is -0.390 e. The molecule has 1 aromatic heterocycles. The van der Waals surface area contributed by atoms with Crippen LogP contribution in [-0.4, -0.2) is 9.67 Å². The Hall–Kier alpha value is -2.05. The molecule has 0 aliphatic rings. The second-order valence-corrected chi connectivity index (χ2v) is 5.67. The molecule has 0 radical (unpaired) electrons. The van der Waals surface area contributed by atoms with Crippen LogP contribution in [-0.2, 0) is 6.61 Å². The first-order valence-electron chi connectivity index (χ1n) is 6.42. The zero-order valence-corrected chi connectivity index (χ0v) is 12.8. The van der Waals surface area contributed by atoms with Gasteiger partial charge in [-0.1, -0.05) is 15.9 Å². The fourth-order valence-corrected chi connectivity index (χ4v) is 2.76. The van der Waals surface area contributed by atoms with E-state index in [0.717, 1.165) is 12.1 Å². The van der Waals surface area contributed by atoms with Crippen molar-refractivity contribution in [3.8, 4) is 5.69 Å². The van der Waals surface area contributed by atoms with Gasteiger partial charge in [-0.3, -0.25) is 4.79 Å². The van der Waals surface area contributed by atoms with Crippen molar-refractivity contribution in [2.45, 2.75) is 6.61 Å². The van der Waals surface area contributed by atoms with Gasteiger partial charge in [-0.25, -0.2) is 8.78 Å². The van der Waals surface area contributed by atoms with E-state index < -0.39 is 18.2 Å². The molecule has 3 rings (SSSR count). The van der Waals surface area contributed by atoms with Gasteiger partial charge in [-0.15, -0.1) is 0 Å². The van der Waals surface area contributed by atoms with Gasteiger partial charge in [-0.05, 0) is 30.3 Å². The van der Waals surface area contributed by atoms with Crippen molar-refractivity contribution < 1.29 is 13.9 Å². The SMILES string of the molecule is O=c1cc(CO)n(-c2ccc(F)cc2F)c2cc(Br)ccc12. The Morgan fingerprint density at radius 2 is 1.86 bits per heavy atom. The molecular weight excluding hydrogens is 356 g/mol. The lowest BCUT2D eigenvalue weighted by Crippen LogP contribution is -2.14. The fraction of sp³-hybridized carbons (Fsp3) is 0.0625. The molecule has 0 atom stereocenters. The average molecular weight is 366 g/mol.